The molecule has 0 nitrogen and oxygen atoms in total. The van der Waals surface area contributed by atoms with Gasteiger partial charge in [-0.2, -0.15) is 0 Å². The summed E-state index contributed by atoms with van der Waals surface area (Å²) in [5, 5.41) is 0. The summed E-state index contributed by atoms with van der Waals surface area (Å²) in [5.41, 5.74) is 7.50. The Morgan fingerprint density at radius 1 is 0.273 bits per heavy atom. The maximum absolute atomic E-state index is 4.69. The lowest BCUT2D eigenvalue weighted by atomic mass is 9.92. The maximum atomic E-state index is 4.69. The van der Waals surface area contributed by atoms with Gasteiger partial charge in [0.15, 0.2) is 0 Å². The largest absolute Gasteiger partial charge is 0.0958 e. The number of rotatable bonds is 42. The van der Waals surface area contributed by atoms with Gasteiger partial charge in [0.1, 0.15) is 0 Å². The molecule has 0 aromatic carbocycles. The van der Waals surface area contributed by atoms with Crippen LogP contribution < -0.4 is 0 Å². The van der Waals surface area contributed by atoms with E-state index in [9.17, 15) is 0 Å². The van der Waals surface area contributed by atoms with Gasteiger partial charge in [-0.1, -0.05) is 281 Å². The molecule has 0 heteroatoms. The fourth-order valence-corrected chi connectivity index (χ4v) is 7.45. The summed E-state index contributed by atoms with van der Waals surface area (Å²) < 4.78 is 0. The second-order valence-electron chi connectivity index (χ2n) is 17.0. The van der Waals surface area contributed by atoms with Crippen LogP contribution in [0, 0.1) is 0 Å². The first-order chi connectivity index (χ1) is 26.9. The molecule has 0 amide bonds. The first kappa shape index (κ1) is 52.9. The van der Waals surface area contributed by atoms with Crippen molar-refractivity contribution in [1.29, 1.82) is 0 Å². The molecular weight excluding hydrogens is 661 g/mol. The van der Waals surface area contributed by atoms with E-state index in [2.05, 4.69) is 90.5 Å². The predicted octanol–water partition coefficient (Wildman–Crippen LogP) is 19.9. The monoisotopic (exact) mass is 757 g/mol. The molecule has 0 fully saturated rings. The molecule has 0 aromatic rings. The van der Waals surface area contributed by atoms with Crippen molar-refractivity contribution in [3.8, 4) is 0 Å². The van der Waals surface area contributed by atoms with Crippen LogP contribution in [0.5, 0.6) is 0 Å². The van der Waals surface area contributed by atoms with Crippen molar-refractivity contribution in [2.45, 2.75) is 252 Å². The summed E-state index contributed by atoms with van der Waals surface area (Å²) in [7, 11) is 0. The molecule has 0 aromatic heterocycles. The highest BCUT2D eigenvalue weighted by Crippen LogP contribution is 2.27. The smallest absolute Gasteiger partial charge is 0.0219 e. The van der Waals surface area contributed by atoms with Crippen molar-refractivity contribution in [2.24, 2.45) is 0 Å². The molecular formula is C55H96. The van der Waals surface area contributed by atoms with E-state index in [4.69, 9.17) is 0 Å². The van der Waals surface area contributed by atoms with Gasteiger partial charge < -0.3 is 0 Å². The topological polar surface area (TPSA) is 0 Å². The Morgan fingerprint density at radius 2 is 0.509 bits per heavy atom. The fourth-order valence-electron chi connectivity index (χ4n) is 7.45. The first-order valence-electron chi connectivity index (χ1n) is 24.4. The van der Waals surface area contributed by atoms with E-state index < -0.39 is 0 Å². The lowest BCUT2D eigenvalue weighted by Crippen LogP contribution is -1.94. The highest BCUT2D eigenvalue weighted by molar-refractivity contribution is 5.51. The van der Waals surface area contributed by atoms with Crippen LogP contribution in [0.4, 0.5) is 0 Å². The van der Waals surface area contributed by atoms with Crippen LogP contribution in [0.3, 0.4) is 0 Å². The molecule has 0 spiro atoms. The van der Waals surface area contributed by atoms with Gasteiger partial charge in [0, 0.05) is 0 Å². The molecule has 0 N–H and O–H groups in total. The standard InChI is InChI=1S/C55H96/c1-9-13-17-21-25-27-28-31-35-39-43-55(53(8)47-44-50(5)40-36-32-24-20-16-12-4)54(48-45-51(6)41-37-33-29-23-19-15-11-3)49-46-52(7)42-38-34-30-26-22-18-14-10-2/h44-49H,5-43H2,1-4H3. The molecule has 0 unspecified atom stereocenters. The van der Waals surface area contributed by atoms with Crippen molar-refractivity contribution in [2.75, 3.05) is 0 Å². The average molecular weight is 757 g/mol. The number of hydrogen-bond donors (Lipinski definition) is 0. The molecule has 0 heterocycles. The van der Waals surface area contributed by atoms with Crippen molar-refractivity contribution >= 4 is 0 Å². The summed E-state index contributed by atoms with van der Waals surface area (Å²) in [6.45, 7) is 27.3. The van der Waals surface area contributed by atoms with Gasteiger partial charge >= 0.3 is 0 Å². The SMILES string of the molecule is C=C(C=CC(=C)C(CCCCCCCCCCCC)=C(C=CC(=C)CCCCCCCCC)C=CC(=C)CCCCCCCCCC)CCCCCCCC. The Morgan fingerprint density at radius 3 is 0.800 bits per heavy atom. The van der Waals surface area contributed by atoms with Crippen molar-refractivity contribution in [3.05, 3.63) is 96.2 Å². The minimum Gasteiger partial charge on any atom is -0.0958 e. The van der Waals surface area contributed by atoms with E-state index in [1.54, 1.807) is 0 Å². The first-order valence-corrected chi connectivity index (χ1v) is 24.4. The lowest BCUT2D eigenvalue weighted by molar-refractivity contribution is 0.556. The molecule has 0 saturated heterocycles. The Labute approximate surface area is 347 Å². The van der Waals surface area contributed by atoms with Crippen LogP contribution in [0.2, 0.25) is 0 Å². The molecule has 0 bridgehead atoms. The molecule has 0 aliphatic carbocycles. The summed E-state index contributed by atoms with van der Waals surface area (Å²) in [4.78, 5) is 0. The predicted molar refractivity (Wildman–Crippen MR) is 255 cm³/mol. The molecule has 0 rings (SSSR count). The molecule has 55 heavy (non-hydrogen) atoms. The second kappa shape index (κ2) is 41.6. The van der Waals surface area contributed by atoms with Crippen molar-refractivity contribution in [1.82, 2.24) is 0 Å². The van der Waals surface area contributed by atoms with E-state index in [0.29, 0.717) is 0 Å². The minimum atomic E-state index is 1.06. The zero-order valence-electron chi connectivity index (χ0n) is 38.0. The van der Waals surface area contributed by atoms with Gasteiger partial charge in [0.05, 0.1) is 0 Å². The number of hydrogen-bond acceptors (Lipinski definition) is 0. The third kappa shape index (κ3) is 36.0. The minimum absolute atomic E-state index is 1.06. The Balaban J connectivity index is 5.85. The van der Waals surface area contributed by atoms with Crippen molar-refractivity contribution in [3.63, 3.8) is 0 Å². The van der Waals surface area contributed by atoms with E-state index >= 15 is 0 Å². The molecule has 0 radical (unpaired) electrons. The number of unbranched alkanes of at least 4 members (excludes halogenated alkanes) is 27. The third-order valence-electron chi connectivity index (χ3n) is 11.3. The van der Waals surface area contributed by atoms with Gasteiger partial charge in [0.25, 0.3) is 0 Å². The number of allylic oxidation sites excluding steroid dienone is 12. The summed E-state index contributed by atoms with van der Waals surface area (Å²) >= 11 is 0. The zero-order chi connectivity index (χ0) is 40.5. The van der Waals surface area contributed by atoms with E-state index in [1.807, 2.05) is 0 Å². The average Bonchev–Trinajstić information content (AvgIpc) is 3.18. The fraction of sp³-hybridized carbons (Fsp3) is 0.709. The third-order valence-corrected chi connectivity index (χ3v) is 11.3. The lowest BCUT2D eigenvalue weighted by Gasteiger charge is -2.13. The zero-order valence-corrected chi connectivity index (χ0v) is 38.0. The molecule has 0 aliphatic heterocycles. The Bertz CT molecular complexity index is 1050. The van der Waals surface area contributed by atoms with Crippen molar-refractivity contribution < 1.29 is 0 Å². The summed E-state index contributed by atoms with van der Waals surface area (Å²) in [6, 6.07) is 0. The molecule has 316 valence electrons. The van der Waals surface area contributed by atoms with E-state index in [1.165, 1.54) is 227 Å². The van der Waals surface area contributed by atoms with Crippen LogP contribution in [-0.2, 0) is 0 Å². The Kier molecular flexibility index (Phi) is 40.0. The quantitative estimate of drug-likeness (QED) is 0.0430. The van der Waals surface area contributed by atoms with E-state index in [-0.39, 0.29) is 0 Å². The molecule has 0 aliphatic rings. The van der Waals surface area contributed by atoms with E-state index in [0.717, 1.165) is 31.3 Å². The van der Waals surface area contributed by atoms with Crippen LogP contribution in [0.25, 0.3) is 0 Å². The van der Waals surface area contributed by atoms with Crippen LogP contribution in [-0.4, -0.2) is 0 Å². The summed E-state index contributed by atoms with van der Waals surface area (Å²) in [5.74, 6) is 0. The normalized spacial score (nSPS) is 12.4. The van der Waals surface area contributed by atoms with Gasteiger partial charge in [-0.05, 0) is 68.1 Å². The van der Waals surface area contributed by atoms with Gasteiger partial charge in [-0.3, -0.25) is 0 Å². The highest BCUT2D eigenvalue weighted by Gasteiger charge is 2.08. The molecule has 0 atom stereocenters. The maximum Gasteiger partial charge on any atom is -0.0219 e. The van der Waals surface area contributed by atoms with Gasteiger partial charge in [0.2, 0.25) is 0 Å². The summed E-state index contributed by atoms with van der Waals surface area (Å²) in [6.07, 6.45) is 59.7. The molecule has 0 saturated carbocycles. The Hall–Kier alpha value is -2.08. The van der Waals surface area contributed by atoms with Gasteiger partial charge in [-0.15, -0.1) is 0 Å². The highest BCUT2D eigenvalue weighted by atomic mass is 14.1. The van der Waals surface area contributed by atoms with Crippen LogP contribution in [0.15, 0.2) is 96.2 Å². The van der Waals surface area contributed by atoms with Crippen LogP contribution >= 0.6 is 0 Å². The second-order valence-corrected chi connectivity index (χ2v) is 17.0. The van der Waals surface area contributed by atoms with Crippen LogP contribution in [0.1, 0.15) is 252 Å². The van der Waals surface area contributed by atoms with Gasteiger partial charge in [-0.25, -0.2) is 0 Å².